The molecule has 3 saturated heterocycles. The van der Waals surface area contributed by atoms with E-state index in [2.05, 4.69) is 10.3 Å². The van der Waals surface area contributed by atoms with Gasteiger partial charge in [-0.25, -0.2) is 4.98 Å². The number of hydrogen-bond donors (Lipinski definition) is 1. The van der Waals surface area contributed by atoms with Crippen LogP contribution in [0.2, 0.25) is 5.15 Å². The zero-order valence-corrected chi connectivity index (χ0v) is 19.7. The number of pyridine rings is 1. The summed E-state index contributed by atoms with van der Waals surface area (Å²) in [7, 11) is 3.09. The maximum Gasteiger partial charge on any atom is 0.254 e. The van der Waals surface area contributed by atoms with Gasteiger partial charge in [-0.1, -0.05) is 11.6 Å². The molecule has 1 atom stereocenters. The Labute approximate surface area is 197 Å². The summed E-state index contributed by atoms with van der Waals surface area (Å²) < 4.78 is 5.11. The monoisotopic (exact) mass is 479 g/mol. The lowest BCUT2D eigenvalue weighted by molar-refractivity contribution is -0.135. The third kappa shape index (κ3) is 4.38. The molecule has 32 heavy (non-hydrogen) atoms. The van der Waals surface area contributed by atoms with Gasteiger partial charge in [-0.2, -0.15) is 0 Å². The van der Waals surface area contributed by atoms with E-state index in [0.717, 1.165) is 19.3 Å². The number of nitrogens with zero attached hydrogens (tertiary/aromatic N) is 4. The average molecular weight is 480 g/mol. The second-order valence-electron chi connectivity index (χ2n) is 8.68. The number of nitrogens with one attached hydrogen (secondary N) is 1. The van der Waals surface area contributed by atoms with Crippen molar-refractivity contribution in [3.63, 3.8) is 0 Å². The second-order valence-corrected chi connectivity index (χ2v) is 9.46. The Balaban J connectivity index is 1.33. The highest BCUT2D eigenvalue weighted by molar-refractivity contribution is 7.80. The van der Waals surface area contributed by atoms with Crippen LogP contribution in [0.4, 0.5) is 0 Å². The minimum Gasteiger partial charge on any atom is -0.481 e. The third-order valence-electron chi connectivity index (χ3n) is 6.74. The summed E-state index contributed by atoms with van der Waals surface area (Å²) in [6, 6.07) is 2.56. The molecule has 0 saturated carbocycles. The van der Waals surface area contributed by atoms with Crippen LogP contribution >= 0.6 is 23.8 Å². The first kappa shape index (κ1) is 22.7. The lowest BCUT2D eigenvalue weighted by Gasteiger charge is -2.39. The van der Waals surface area contributed by atoms with Gasteiger partial charge >= 0.3 is 0 Å². The summed E-state index contributed by atoms with van der Waals surface area (Å²) in [6.45, 7) is 2.56. The van der Waals surface area contributed by atoms with Crippen LogP contribution in [0.1, 0.15) is 36.0 Å². The number of aromatic nitrogens is 1. The average Bonchev–Trinajstić information content (AvgIpc) is 3.30. The Kier molecular flexibility index (Phi) is 6.26. The molecule has 4 heterocycles. The highest BCUT2D eigenvalue weighted by atomic mass is 35.5. The molecule has 0 aromatic carbocycles. The number of piperidine rings is 1. The summed E-state index contributed by atoms with van der Waals surface area (Å²) in [5.41, 5.74) is 0.469. The van der Waals surface area contributed by atoms with Crippen molar-refractivity contribution in [2.75, 3.05) is 40.3 Å². The first-order valence-corrected chi connectivity index (χ1v) is 11.4. The van der Waals surface area contributed by atoms with Gasteiger partial charge in [0.25, 0.3) is 11.8 Å². The van der Waals surface area contributed by atoms with Gasteiger partial charge in [0.05, 0.1) is 13.5 Å². The van der Waals surface area contributed by atoms with E-state index < -0.39 is 6.04 Å². The van der Waals surface area contributed by atoms with E-state index in [1.165, 1.54) is 12.0 Å². The van der Waals surface area contributed by atoms with Crippen molar-refractivity contribution in [3.8, 4) is 5.88 Å². The lowest BCUT2D eigenvalue weighted by atomic mass is 9.77. The van der Waals surface area contributed by atoms with Gasteiger partial charge < -0.3 is 19.9 Å². The molecule has 1 aromatic heterocycles. The quantitative estimate of drug-likeness (QED) is 0.513. The molecule has 3 aliphatic rings. The van der Waals surface area contributed by atoms with Crippen molar-refractivity contribution in [1.82, 2.24) is 25.0 Å². The topological polar surface area (TPSA) is 95.1 Å². The van der Waals surface area contributed by atoms with E-state index in [-0.39, 0.29) is 34.7 Å². The maximum atomic E-state index is 12.9. The molecule has 0 bridgehead atoms. The number of likely N-dealkylation sites (tertiary alicyclic amines) is 2. The third-order valence-corrected chi connectivity index (χ3v) is 7.32. The van der Waals surface area contributed by atoms with Crippen molar-refractivity contribution in [2.24, 2.45) is 5.41 Å². The summed E-state index contributed by atoms with van der Waals surface area (Å²) in [4.78, 5) is 47.0. The summed E-state index contributed by atoms with van der Waals surface area (Å²) in [5.74, 6) is 0.000496. The Bertz CT molecular complexity index is 966. The van der Waals surface area contributed by atoms with E-state index in [1.54, 1.807) is 19.2 Å². The normalized spacial score (nSPS) is 22.5. The minimum absolute atomic E-state index is 0.0131. The Morgan fingerprint density at radius 3 is 2.50 bits per heavy atom. The largest absolute Gasteiger partial charge is 0.481 e. The van der Waals surface area contributed by atoms with E-state index in [9.17, 15) is 14.4 Å². The highest BCUT2D eigenvalue weighted by Gasteiger charge is 2.44. The number of carbonyl (C=O) groups excluding carboxylic acids is 3. The number of likely N-dealkylation sites (N-methyl/N-ethyl adjacent to an activating group) is 1. The van der Waals surface area contributed by atoms with Crippen LogP contribution in [0.15, 0.2) is 12.1 Å². The molecule has 0 aliphatic carbocycles. The molecule has 3 amide bonds. The predicted molar refractivity (Wildman–Crippen MR) is 121 cm³/mol. The van der Waals surface area contributed by atoms with Gasteiger partial charge in [0.1, 0.15) is 11.2 Å². The van der Waals surface area contributed by atoms with Crippen LogP contribution in [0.25, 0.3) is 0 Å². The summed E-state index contributed by atoms with van der Waals surface area (Å²) in [5, 5.41) is 3.49. The van der Waals surface area contributed by atoms with Crippen molar-refractivity contribution >= 4 is 46.7 Å². The maximum absolute atomic E-state index is 12.9. The van der Waals surface area contributed by atoms with Crippen molar-refractivity contribution in [2.45, 2.75) is 31.7 Å². The molecule has 1 aromatic rings. The number of hydrogen-bond acceptors (Lipinski definition) is 6. The van der Waals surface area contributed by atoms with E-state index in [1.807, 2.05) is 9.80 Å². The van der Waals surface area contributed by atoms with E-state index >= 15 is 0 Å². The standard InChI is InChI=1S/C21H26ClN5O4S/c1-25-19(30)14(23-20(25)32)11-17(28)27-8-5-21(12-27)3-6-26(7-4-21)18(29)13-9-15(22)24-16(10-13)31-2/h9-10,14H,3-8,11-12H2,1-2H3,(H,23,32). The number of amides is 3. The fourth-order valence-electron chi connectivity index (χ4n) is 4.71. The number of halogens is 1. The number of thiocarbonyl (C=S) groups is 1. The fourth-order valence-corrected chi connectivity index (χ4v) is 5.14. The van der Waals surface area contributed by atoms with Crippen LogP contribution < -0.4 is 10.1 Å². The SMILES string of the molecule is COc1cc(C(=O)N2CCC3(CCN(C(=O)CC4NC(=S)N(C)C4=O)C3)CC2)cc(Cl)n1. The van der Waals surface area contributed by atoms with Crippen LogP contribution in [0, 0.1) is 5.41 Å². The second kappa shape index (κ2) is 8.82. The Morgan fingerprint density at radius 1 is 1.25 bits per heavy atom. The molecule has 3 fully saturated rings. The molecule has 9 nitrogen and oxygen atoms in total. The fraction of sp³-hybridized carbons (Fsp3) is 0.571. The predicted octanol–water partition coefficient (Wildman–Crippen LogP) is 1.30. The number of rotatable bonds is 4. The molecule has 1 unspecified atom stereocenters. The van der Waals surface area contributed by atoms with E-state index in [4.69, 9.17) is 28.6 Å². The number of carbonyl (C=O) groups is 3. The van der Waals surface area contributed by atoms with Gasteiger partial charge in [-0.05, 0) is 43.0 Å². The minimum atomic E-state index is -0.583. The molecule has 11 heteroatoms. The van der Waals surface area contributed by atoms with E-state index in [0.29, 0.717) is 42.7 Å². The van der Waals surface area contributed by atoms with Crippen LogP contribution in [0.3, 0.4) is 0 Å². The molecule has 1 spiro atoms. The molecular formula is C21H26ClN5O4S. The van der Waals surface area contributed by atoms with Gasteiger partial charge in [-0.15, -0.1) is 0 Å². The van der Waals surface area contributed by atoms with Crippen LogP contribution in [-0.4, -0.2) is 88.9 Å². The molecule has 4 rings (SSSR count). The highest BCUT2D eigenvalue weighted by Crippen LogP contribution is 2.41. The van der Waals surface area contributed by atoms with Crippen molar-refractivity contribution in [1.29, 1.82) is 0 Å². The Morgan fingerprint density at radius 2 is 1.91 bits per heavy atom. The summed E-state index contributed by atoms with van der Waals surface area (Å²) >= 11 is 11.1. The number of ether oxygens (including phenoxy) is 1. The smallest absolute Gasteiger partial charge is 0.254 e. The molecule has 1 N–H and O–H groups in total. The van der Waals surface area contributed by atoms with Crippen LogP contribution in [0.5, 0.6) is 5.88 Å². The van der Waals surface area contributed by atoms with Gasteiger partial charge in [0.2, 0.25) is 11.8 Å². The lowest BCUT2D eigenvalue weighted by Crippen LogP contribution is -2.45. The number of methoxy groups -OCH3 is 1. The first-order chi connectivity index (χ1) is 15.2. The van der Waals surface area contributed by atoms with Gasteiger partial charge in [-0.3, -0.25) is 19.3 Å². The zero-order valence-electron chi connectivity index (χ0n) is 18.1. The molecule has 3 aliphatic heterocycles. The van der Waals surface area contributed by atoms with Crippen molar-refractivity contribution < 1.29 is 19.1 Å². The van der Waals surface area contributed by atoms with Gasteiger partial charge in [0, 0.05) is 44.9 Å². The summed E-state index contributed by atoms with van der Waals surface area (Å²) in [6.07, 6.45) is 2.66. The molecular weight excluding hydrogens is 454 g/mol. The first-order valence-electron chi connectivity index (χ1n) is 10.6. The zero-order chi connectivity index (χ0) is 23.0. The molecule has 0 radical (unpaired) electrons. The van der Waals surface area contributed by atoms with Crippen LogP contribution in [-0.2, 0) is 9.59 Å². The molecule has 172 valence electrons. The van der Waals surface area contributed by atoms with Gasteiger partial charge in [0.15, 0.2) is 5.11 Å². The Hall–Kier alpha value is -2.46. The van der Waals surface area contributed by atoms with Crippen molar-refractivity contribution in [3.05, 3.63) is 22.8 Å².